The molecule has 0 spiro atoms. The summed E-state index contributed by atoms with van der Waals surface area (Å²) in [5.41, 5.74) is 0. The first-order valence-electron chi connectivity index (χ1n) is 6.43. The number of alkyl halides is 3. The molecule has 6 heteroatoms. The Kier molecular flexibility index (Phi) is 5.88. The Morgan fingerprint density at radius 3 is 2.56 bits per heavy atom. The minimum atomic E-state index is -4.12. The number of nitrogens with zero attached hydrogens (tertiary/aromatic N) is 2. The van der Waals surface area contributed by atoms with E-state index in [0.717, 1.165) is 19.5 Å². The van der Waals surface area contributed by atoms with Crippen LogP contribution in [0.4, 0.5) is 13.2 Å². The summed E-state index contributed by atoms with van der Waals surface area (Å²) in [5, 5.41) is 10.0. The second kappa shape index (κ2) is 6.73. The Bertz CT molecular complexity index is 248. The van der Waals surface area contributed by atoms with Gasteiger partial charge in [-0.15, -0.1) is 0 Å². The van der Waals surface area contributed by atoms with Crippen LogP contribution in [0.2, 0.25) is 0 Å². The molecule has 1 aliphatic heterocycles. The molecule has 0 radical (unpaired) electrons. The first-order valence-corrected chi connectivity index (χ1v) is 6.43. The van der Waals surface area contributed by atoms with E-state index in [2.05, 4.69) is 9.80 Å². The molecular weight excluding hydrogens is 245 g/mol. The van der Waals surface area contributed by atoms with Crippen LogP contribution in [-0.2, 0) is 0 Å². The van der Waals surface area contributed by atoms with E-state index in [9.17, 15) is 18.3 Å². The molecule has 0 aromatic heterocycles. The highest BCUT2D eigenvalue weighted by Crippen LogP contribution is 2.24. The highest BCUT2D eigenvalue weighted by atomic mass is 19.4. The van der Waals surface area contributed by atoms with Crippen LogP contribution in [0.3, 0.4) is 0 Å². The van der Waals surface area contributed by atoms with E-state index in [0.29, 0.717) is 6.54 Å². The second-order valence-electron chi connectivity index (χ2n) is 5.24. The molecule has 3 nitrogen and oxygen atoms in total. The lowest BCUT2D eigenvalue weighted by Crippen LogP contribution is -2.46. The Labute approximate surface area is 107 Å². The maximum atomic E-state index is 12.1. The van der Waals surface area contributed by atoms with Crippen molar-refractivity contribution < 1.29 is 18.3 Å². The average molecular weight is 268 g/mol. The third kappa shape index (κ3) is 5.54. The molecule has 0 bridgehead atoms. The van der Waals surface area contributed by atoms with Gasteiger partial charge in [-0.1, -0.05) is 0 Å². The standard InChI is InChI=1S/C12H23F3N2O/c1-16-7-4-8-17(2)10(9-16)11(18)5-3-6-12(13,14)15/h10-11,18H,3-9H2,1-2H3. The molecule has 0 amide bonds. The molecule has 108 valence electrons. The molecule has 1 saturated heterocycles. The van der Waals surface area contributed by atoms with Gasteiger partial charge < -0.3 is 10.0 Å². The van der Waals surface area contributed by atoms with Gasteiger partial charge in [-0.05, 0) is 46.4 Å². The third-order valence-electron chi connectivity index (χ3n) is 3.52. The van der Waals surface area contributed by atoms with Crippen LogP contribution < -0.4 is 0 Å². The Hall–Kier alpha value is -0.330. The van der Waals surface area contributed by atoms with Crippen molar-refractivity contribution in [2.24, 2.45) is 0 Å². The number of aliphatic hydroxyl groups is 1. The van der Waals surface area contributed by atoms with Gasteiger partial charge in [0.1, 0.15) is 0 Å². The zero-order valence-electron chi connectivity index (χ0n) is 11.1. The highest BCUT2D eigenvalue weighted by molar-refractivity contribution is 4.82. The number of halogens is 3. The molecule has 1 rings (SSSR count). The van der Waals surface area contributed by atoms with Gasteiger partial charge in [0.05, 0.1) is 6.10 Å². The summed E-state index contributed by atoms with van der Waals surface area (Å²) < 4.78 is 36.2. The lowest BCUT2D eigenvalue weighted by atomic mass is 10.0. The van der Waals surface area contributed by atoms with Crippen LogP contribution in [-0.4, -0.2) is 67.0 Å². The number of rotatable bonds is 4. The molecule has 0 aliphatic carbocycles. The summed E-state index contributed by atoms with van der Waals surface area (Å²) in [5.74, 6) is 0. The minimum Gasteiger partial charge on any atom is -0.391 e. The van der Waals surface area contributed by atoms with E-state index >= 15 is 0 Å². The van der Waals surface area contributed by atoms with Crippen LogP contribution in [0.5, 0.6) is 0 Å². The molecule has 2 atom stereocenters. The van der Waals surface area contributed by atoms with Crippen molar-refractivity contribution in [1.82, 2.24) is 9.80 Å². The highest BCUT2D eigenvalue weighted by Gasteiger charge is 2.30. The van der Waals surface area contributed by atoms with Gasteiger partial charge in [-0.25, -0.2) is 0 Å². The molecule has 1 N–H and O–H groups in total. The van der Waals surface area contributed by atoms with Crippen molar-refractivity contribution in [3.8, 4) is 0 Å². The van der Waals surface area contributed by atoms with Crippen LogP contribution in [0.1, 0.15) is 25.7 Å². The predicted octanol–water partition coefficient (Wildman–Crippen LogP) is 1.72. The molecule has 0 aromatic carbocycles. The average Bonchev–Trinajstić information content (AvgIpc) is 2.38. The van der Waals surface area contributed by atoms with Crippen molar-refractivity contribution in [2.45, 2.75) is 44.0 Å². The minimum absolute atomic E-state index is 0.00127. The van der Waals surface area contributed by atoms with Crippen LogP contribution in [0.15, 0.2) is 0 Å². The van der Waals surface area contributed by atoms with E-state index in [-0.39, 0.29) is 18.9 Å². The SMILES string of the molecule is CN1CCCN(C)C(C(O)CCCC(F)(F)F)C1. The monoisotopic (exact) mass is 268 g/mol. The summed E-state index contributed by atoms with van der Waals surface area (Å²) >= 11 is 0. The number of aliphatic hydroxyl groups excluding tert-OH is 1. The van der Waals surface area contributed by atoms with Gasteiger partial charge in [-0.3, -0.25) is 4.90 Å². The predicted molar refractivity (Wildman–Crippen MR) is 64.4 cm³/mol. The molecule has 0 saturated carbocycles. The van der Waals surface area contributed by atoms with Crippen molar-refractivity contribution in [2.75, 3.05) is 33.7 Å². The van der Waals surface area contributed by atoms with Gasteiger partial charge in [0.2, 0.25) is 0 Å². The molecule has 2 unspecified atom stereocenters. The lowest BCUT2D eigenvalue weighted by Gasteiger charge is -2.31. The van der Waals surface area contributed by atoms with Gasteiger partial charge in [0, 0.05) is 19.0 Å². The Morgan fingerprint density at radius 1 is 1.28 bits per heavy atom. The van der Waals surface area contributed by atoms with Gasteiger partial charge in [0.25, 0.3) is 0 Å². The van der Waals surface area contributed by atoms with Gasteiger partial charge >= 0.3 is 6.18 Å². The van der Waals surface area contributed by atoms with E-state index in [1.807, 2.05) is 14.1 Å². The van der Waals surface area contributed by atoms with Crippen LogP contribution in [0.25, 0.3) is 0 Å². The zero-order valence-corrected chi connectivity index (χ0v) is 11.1. The summed E-state index contributed by atoms with van der Waals surface area (Å²) in [6.07, 6.45) is -4.37. The van der Waals surface area contributed by atoms with Crippen molar-refractivity contribution >= 4 is 0 Å². The maximum Gasteiger partial charge on any atom is 0.389 e. The molecule has 1 aliphatic rings. The first kappa shape index (κ1) is 15.7. The molecule has 18 heavy (non-hydrogen) atoms. The topological polar surface area (TPSA) is 26.7 Å². The van der Waals surface area contributed by atoms with Crippen molar-refractivity contribution in [3.05, 3.63) is 0 Å². The molecular formula is C12H23F3N2O. The largest absolute Gasteiger partial charge is 0.391 e. The summed E-state index contributed by atoms with van der Waals surface area (Å²) in [6, 6.07) is -0.0641. The van der Waals surface area contributed by atoms with Gasteiger partial charge in [-0.2, -0.15) is 13.2 Å². The second-order valence-corrected chi connectivity index (χ2v) is 5.24. The molecule has 1 fully saturated rings. The van der Waals surface area contributed by atoms with E-state index < -0.39 is 18.7 Å². The van der Waals surface area contributed by atoms with Crippen molar-refractivity contribution in [1.29, 1.82) is 0 Å². The lowest BCUT2D eigenvalue weighted by molar-refractivity contribution is -0.136. The van der Waals surface area contributed by atoms with E-state index in [1.165, 1.54) is 0 Å². The number of hydrogen-bond donors (Lipinski definition) is 1. The summed E-state index contributed by atoms with van der Waals surface area (Å²) in [6.45, 7) is 2.56. The normalized spacial score (nSPS) is 26.0. The van der Waals surface area contributed by atoms with E-state index in [4.69, 9.17) is 0 Å². The summed E-state index contributed by atoms with van der Waals surface area (Å²) in [7, 11) is 3.91. The van der Waals surface area contributed by atoms with Crippen LogP contribution >= 0.6 is 0 Å². The number of hydrogen-bond acceptors (Lipinski definition) is 3. The molecule has 1 heterocycles. The summed E-state index contributed by atoms with van der Waals surface area (Å²) in [4.78, 5) is 4.18. The third-order valence-corrected chi connectivity index (χ3v) is 3.52. The Balaban J connectivity index is 2.40. The smallest absolute Gasteiger partial charge is 0.389 e. The first-order chi connectivity index (χ1) is 8.29. The van der Waals surface area contributed by atoms with Crippen LogP contribution in [0, 0.1) is 0 Å². The fourth-order valence-electron chi connectivity index (χ4n) is 2.43. The van der Waals surface area contributed by atoms with Crippen molar-refractivity contribution in [3.63, 3.8) is 0 Å². The fourth-order valence-corrected chi connectivity index (χ4v) is 2.43. The quantitative estimate of drug-likeness (QED) is 0.841. The fraction of sp³-hybridized carbons (Fsp3) is 1.00. The van der Waals surface area contributed by atoms with E-state index in [1.54, 1.807) is 0 Å². The van der Waals surface area contributed by atoms with Gasteiger partial charge in [0.15, 0.2) is 0 Å². The maximum absolute atomic E-state index is 12.1. The zero-order chi connectivity index (χ0) is 13.8. The molecule has 0 aromatic rings. The Morgan fingerprint density at radius 2 is 1.94 bits per heavy atom. The number of likely N-dealkylation sites (N-methyl/N-ethyl adjacent to an activating group) is 2.